The van der Waals surface area contributed by atoms with Gasteiger partial charge in [0.15, 0.2) is 0 Å². The molecule has 1 aliphatic carbocycles. The third-order valence-corrected chi connectivity index (χ3v) is 4.15. The van der Waals surface area contributed by atoms with Gasteiger partial charge in [0.25, 0.3) is 0 Å². The van der Waals surface area contributed by atoms with Gasteiger partial charge < -0.3 is 10.4 Å². The van der Waals surface area contributed by atoms with E-state index in [-0.39, 0.29) is 17.7 Å². The van der Waals surface area contributed by atoms with Crippen molar-refractivity contribution in [3.05, 3.63) is 34.9 Å². The second-order valence-electron chi connectivity index (χ2n) is 6.08. The number of hydrogen-bond donors (Lipinski definition) is 2. The molecule has 0 saturated heterocycles. The number of nitrogens with one attached hydrogen (secondary N) is 1. The minimum Gasteiger partial charge on any atom is -0.481 e. The molecule has 1 fully saturated rings. The number of benzene rings is 1. The molecule has 2 rings (SSSR count). The number of amides is 1. The molecule has 4 nitrogen and oxygen atoms in total. The van der Waals surface area contributed by atoms with Crippen LogP contribution >= 0.6 is 0 Å². The molecule has 1 aromatic carbocycles. The van der Waals surface area contributed by atoms with Crippen LogP contribution in [0.5, 0.6) is 0 Å². The Labute approximate surface area is 125 Å². The predicted octanol–water partition coefficient (Wildman–Crippen LogP) is 2.46. The Bertz CT molecular complexity index is 519. The summed E-state index contributed by atoms with van der Waals surface area (Å²) in [6.45, 7) is 4.75. The highest BCUT2D eigenvalue weighted by molar-refractivity contribution is 5.80. The topological polar surface area (TPSA) is 66.4 Å². The molecule has 0 spiro atoms. The molecule has 0 bridgehead atoms. The molecule has 0 aromatic heterocycles. The first-order chi connectivity index (χ1) is 9.95. The molecule has 2 N–H and O–H groups in total. The summed E-state index contributed by atoms with van der Waals surface area (Å²) in [5.74, 6) is -1.26. The van der Waals surface area contributed by atoms with Gasteiger partial charge in [0.1, 0.15) is 0 Å². The molecular formula is C17H23NO3. The highest BCUT2D eigenvalue weighted by Crippen LogP contribution is 2.31. The standard InChI is InChI=1S/C17H23NO3/c1-11-7-12(2)9-13(8-11)5-6-18-16(19)14-3-4-15(10-14)17(20)21/h7-9,14-15H,3-6,10H2,1-2H3,(H,18,19)(H,20,21)/t14-,15+/m1/s1. The molecule has 1 aromatic rings. The maximum absolute atomic E-state index is 12.0. The maximum atomic E-state index is 12.0. The Kier molecular flexibility index (Phi) is 4.99. The summed E-state index contributed by atoms with van der Waals surface area (Å²) in [4.78, 5) is 22.9. The van der Waals surface area contributed by atoms with Gasteiger partial charge in [0.05, 0.1) is 5.92 Å². The van der Waals surface area contributed by atoms with Crippen molar-refractivity contribution in [3.8, 4) is 0 Å². The zero-order valence-electron chi connectivity index (χ0n) is 12.7. The van der Waals surface area contributed by atoms with Gasteiger partial charge in [-0.1, -0.05) is 29.3 Å². The van der Waals surface area contributed by atoms with Crippen molar-refractivity contribution in [1.29, 1.82) is 0 Å². The second kappa shape index (κ2) is 6.74. The van der Waals surface area contributed by atoms with Gasteiger partial charge in [-0.2, -0.15) is 0 Å². The molecule has 0 aliphatic heterocycles. The molecular weight excluding hydrogens is 266 g/mol. The molecule has 1 amide bonds. The zero-order valence-corrected chi connectivity index (χ0v) is 12.7. The van der Waals surface area contributed by atoms with Crippen molar-refractivity contribution in [3.63, 3.8) is 0 Å². The van der Waals surface area contributed by atoms with Gasteiger partial charge in [-0.05, 0) is 45.1 Å². The number of carbonyl (C=O) groups is 2. The molecule has 114 valence electrons. The number of aryl methyl sites for hydroxylation is 2. The molecule has 1 saturated carbocycles. The fraction of sp³-hybridized carbons (Fsp3) is 0.529. The van der Waals surface area contributed by atoms with Crippen LogP contribution in [0, 0.1) is 25.7 Å². The van der Waals surface area contributed by atoms with Gasteiger partial charge in [-0.25, -0.2) is 0 Å². The molecule has 2 atom stereocenters. The first-order valence-corrected chi connectivity index (χ1v) is 7.53. The first kappa shape index (κ1) is 15.5. The maximum Gasteiger partial charge on any atom is 0.306 e. The van der Waals surface area contributed by atoms with Crippen LogP contribution in [0.15, 0.2) is 18.2 Å². The fourth-order valence-electron chi connectivity index (χ4n) is 3.13. The largest absolute Gasteiger partial charge is 0.481 e. The van der Waals surface area contributed by atoms with E-state index in [2.05, 4.69) is 37.4 Å². The Balaban J connectivity index is 1.78. The lowest BCUT2D eigenvalue weighted by Crippen LogP contribution is -2.31. The predicted molar refractivity (Wildman–Crippen MR) is 81.1 cm³/mol. The Morgan fingerprint density at radius 2 is 1.76 bits per heavy atom. The number of carboxylic acid groups (broad SMARTS) is 1. The lowest BCUT2D eigenvalue weighted by atomic mass is 10.0. The van der Waals surface area contributed by atoms with Crippen molar-refractivity contribution in [2.75, 3.05) is 6.54 Å². The van der Waals surface area contributed by atoms with E-state index in [1.807, 2.05) is 0 Å². The first-order valence-electron chi connectivity index (χ1n) is 7.53. The normalized spacial score (nSPS) is 21.2. The number of carbonyl (C=O) groups excluding carboxylic acids is 1. The van der Waals surface area contributed by atoms with Crippen LogP contribution in [0.1, 0.15) is 36.0 Å². The summed E-state index contributed by atoms with van der Waals surface area (Å²) >= 11 is 0. The Morgan fingerprint density at radius 3 is 2.33 bits per heavy atom. The number of rotatable bonds is 5. The summed E-state index contributed by atoms with van der Waals surface area (Å²) in [5, 5.41) is 11.9. The van der Waals surface area contributed by atoms with E-state index in [0.29, 0.717) is 25.8 Å². The van der Waals surface area contributed by atoms with Crippen LogP contribution < -0.4 is 5.32 Å². The lowest BCUT2D eigenvalue weighted by Gasteiger charge is -2.11. The third kappa shape index (κ3) is 4.31. The van der Waals surface area contributed by atoms with Gasteiger partial charge >= 0.3 is 5.97 Å². The van der Waals surface area contributed by atoms with Gasteiger partial charge in [-0.15, -0.1) is 0 Å². The quantitative estimate of drug-likeness (QED) is 0.875. The number of aliphatic carboxylic acids is 1. The van der Waals surface area contributed by atoms with Crippen molar-refractivity contribution >= 4 is 11.9 Å². The summed E-state index contributed by atoms with van der Waals surface area (Å²) < 4.78 is 0. The van der Waals surface area contributed by atoms with Crippen LogP contribution in [-0.4, -0.2) is 23.5 Å². The van der Waals surface area contributed by atoms with Crippen LogP contribution in [0.3, 0.4) is 0 Å². The van der Waals surface area contributed by atoms with Crippen molar-refractivity contribution in [1.82, 2.24) is 5.32 Å². The minimum absolute atomic E-state index is 0.00289. The minimum atomic E-state index is -0.777. The molecule has 0 radical (unpaired) electrons. The average Bonchev–Trinajstić information content (AvgIpc) is 2.87. The number of carboxylic acids is 1. The highest BCUT2D eigenvalue weighted by Gasteiger charge is 2.33. The van der Waals surface area contributed by atoms with Crippen LogP contribution in [0.25, 0.3) is 0 Å². The zero-order chi connectivity index (χ0) is 15.4. The van der Waals surface area contributed by atoms with E-state index >= 15 is 0 Å². The Morgan fingerprint density at radius 1 is 1.14 bits per heavy atom. The van der Waals surface area contributed by atoms with Crippen LogP contribution in [-0.2, 0) is 16.0 Å². The summed E-state index contributed by atoms with van der Waals surface area (Å²) in [6, 6.07) is 6.40. The Hall–Kier alpha value is -1.84. The number of hydrogen-bond acceptors (Lipinski definition) is 2. The molecule has 0 unspecified atom stereocenters. The van der Waals surface area contributed by atoms with Crippen LogP contribution in [0.2, 0.25) is 0 Å². The summed E-state index contributed by atoms with van der Waals surface area (Å²) in [6.07, 6.45) is 2.59. The van der Waals surface area contributed by atoms with Crippen molar-refractivity contribution < 1.29 is 14.7 Å². The average molecular weight is 289 g/mol. The monoisotopic (exact) mass is 289 g/mol. The van der Waals surface area contributed by atoms with E-state index < -0.39 is 5.97 Å². The van der Waals surface area contributed by atoms with Gasteiger partial charge in [-0.3, -0.25) is 9.59 Å². The van der Waals surface area contributed by atoms with E-state index in [9.17, 15) is 9.59 Å². The molecule has 21 heavy (non-hydrogen) atoms. The SMILES string of the molecule is Cc1cc(C)cc(CCNC(=O)[C@@H]2CC[C@H](C(=O)O)C2)c1. The molecule has 0 heterocycles. The van der Waals surface area contributed by atoms with E-state index in [1.165, 1.54) is 16.7 Å². The van der Waals surface area contributed by atoms with Gasteiger partial charge in [0.2, 0.25) is 5.91 Å². The van der Waals surface area contributed by atoms with Crippen molar-refractivity contribution in [2.45, 2.75) is 39.5 Å². The fourth-order valence-corrected chi connectivity index (χ4v) is 3.13. The van der Waals surface area contributed by atoms with Crippen LogP contribution in [0.4, 0.5) is 0 Å². The van der Waals surface area contributed by atoms with E-state index in [1.54, 1.807) is 0 Å². The summed E-state index contributed by atoms with van der Waals surface area (Å²) in [5.41, 5.74) is 3.69. The lowest BCUT2D eigenvalue weighted by molar-refractivity contribution is -0.141. The highest BCUT2D eigenvalue weighted by atomic mass is 16.4. The van der Waals surface area contributed by atoms with E-state index in [0.717, 1.165) is 6.42 Å². The second-order valence-corrected chi connectivity index (χ2v) is 6.08. The molecule has 1 aliphatic rings. The van der Waals surface area contributed by atoms with Crippen molar-refractivity contribution in [2.24, 2.45) is 11.8 Å². The third-order valence-electron chi connectivity index (χ3n) is 4.15. The molecule has 4 heteroatoms. The smallest absolute Gasteiger partial charge is 0.306 e. The van der Waals surface area contributed by atoms with Gasteiger partial charge in [0, 0.05) is 12.5 Å². The van der Waals surface area contributed by atoms with E-state index in [4.69, 9.17) is 5.11 Å². The summed E-state index contributed by atoms with van der Waals surface area (Å²) in [7, 11) is 0.